The Morgan fingerprint density at radius 3 is 2.68 bits per heavy atom. The van der Waals surface area contributed by atoms with E-state index in [0.29, 0.717) is 12.3 Å². The summed E-state index contributed by atoms with van der Waals surface area (Å²) in [5.74, 6) is 0.320. The summed E-state index contributed by atoms with van der Waals surface area (Å²) >= 11 is 0. The molecular formula is C14H22N4O. The Kier molecular flexibility index (Phi) is 3.83. The summed E-state index contributed by atoms with van der Waals surface area (Å²) in [7, 11) is 4.06. The molecule has 19 heavy (non-hydrogen) atoms. The molecule has 2 rings (SSSR count). The van der Waals surface area contributed by atoms with Gasteiger partial charge in [0, 0.05) is 27.1 Å². The summed E-state index contributed by atoms with van der Waals surface area (Å²) in [6, 6.07) is 8.22. The Hall–Kier alpha value is -1.91. The van der Waals surface area contributed by atoms with Crippen LogP contribution in [0.4, 0.5) is 11.4 Å². The standard InChI is InChI=1S/C14H22N4O/c1-18(2)12-6-4-3-5-11(12)16-10-14(7-8-14)9-13(15)17-19/h3-6,16,19H,7-10H2,1-2H3,(H2,15,17). The van der Waals surface area contributed by atoms with E-state index in [4.69, 9.17) is 10.9 Å². The summed E-state index contributed by atoms with van der Waals surface area (Å²) in [5.41, 5.74) is 8.06. The quantitative estimate of drug-likeness (QED) is 0.317. The molecule has 0 atom stereocenters. The van der Waals surface area contributed by atoms with E-state index in [0.717, 1.165) is 25.1 Å². The topological polar surface area (TPSA) is 73.9 Å². The second-order valence-electron chi connectivity index (χ2n) is 5.53. The fourth-order valence-corrected chi connectivity index (χ4v) is 2.31. The minimum Gasteiger partial charge on any atom is -0.409 e. The molecule has 0 unspecified atom stereocenters. The third-order valence-corrected chi connectivity index (χ3v) is 3.68. The summed E-state index contributed by atoms with van der Waals surface area (Å²) in [5, 5.41) is 15.2. The first kappa shape index (κ1) is 13.5. The zero-order chi connectivity index (χ0) is 13.9. The summed E-state index contributed by atoms with van der Waals surface area (Å²) < 4.78 is 0. The highest BCUT2D eigenvalue weighted by Gasteiger charge is 2.43. The van der Waals surface area contributed by atoms with Gasteiger partial charge in [-0.05, 0) is 30.4 Å². The number of benzene rings is 1. The molecule has 0 heterocycles. The van der Waals surface area contributed by atoms with E-state index in [9.17, 15) is 0 Å². The summed E-state index contributed by atoms with van der Waals surface area (Å²) in [6.45, 7) is 0.855. The maximum absolute atomic E-state index is 8.66. The zero-order valence-corrected chi connectivity index (χ0v) is 11.6. The van der Waals surface area contributed by atoms with Crippen LogP contribution in [0, 0.1) is 5.41 Å². The lowest BCUT2D eigenvalue weighted by Crippen LogP contribution is -2.24. The molecule has 0 bridgehead atoms. The van der Waals surface area contributed by atoms with Crippen molar-refractivity contribution in [3.05, 3.63) is 24.3 Å². The Labute approximate surface area is 114 Å². The molecule has 4 N–H and O–H groups in total. The Balaban J connectivity index is 2.00. The lowest BCUT2D eigenvalue weighted by atomic mass is 10.0. The number of hydrogen-bond acceptors (Lipinski definition) is 4. The Bertz CT molecular complexity index is 466. The molecule has 0 spiro atoms. The van der Waals surface area contributed by atoms with Crippen LogP contribution >= 0.6 is 0 Å². The number of hydrogen-bond donors (Lipinski definition) is 3. The SMILES string of the molecule is CN(C)c1ccccc1NCC1(C/C(N)=N/O)CC1. The molecule has 0 aliphatic heterocycles. The lowest BCUT2D eigenvalue weighted by Gasteiger charge is -2.21. The molecule has 1 fully saturated rings. The summed E-state index contributed by atoms with van der Waals surface area (Å²) in [4.78, 5) is 2.09. The predicted molar refractivity (Wildman–Crippen MR) is 79.0 cm³/mol. The van der Waals surface area contributed by atoms with Crippen molar-refractivity contribution in [3.63, 3.8) is 0 Å². The van der Waals surface area contributed by atoms with Crippen molar-refractivity contribution in [1.82, 2.24) is 0 Å². The second kappa shape index (κ2) is 5.38. The van der Waals surface area contributed by atoms with Crippen LogP contribution in [0.15, 0.2) is 29.4 Å². The van der Waals surface area contributed by atoms with Gasteiger partial charge in [-0.2, -0.15) is 0 Å². The zero-order valence-electron chi connectivity index (χ0n) is 11.6. The van der Waals surface area contributed by atoms with Crippen molar-refractivity contribution in [2.45, 2.75) is 19.3 Å². The van der Waals surface area contributed by atoms with E-state index in [1.165, 1.54) is 5.69 Å². The van der Waals surface area contributed by atoms with Crippen LogP contribution in [0.3, 0.4) is 0 Å². The van der Waals surface area contributed by atoms with Crippen LogP contribution in [-0.2, 0) is 0 Å². The average Bonchev–Trinajstić information content (AvgIpc) is 3.16. The van der Waals surface area contributed by atoms with Gasteiger partial charge in [-0.25, -0.2) is 0 Å². The van der Waals surface area contributed by atoms with Crippen LogP contribution in [0.25, 0.3) is 0 Å². The maximum atomic E-state index is 8.66. The van der Waals surface area contributed by atoms with Crippen LogP contribution in [-0.4, -0.2) is 31.7 Å². The maximum Gasteiger partial charge on any atom is 0.139 e. The minimum absolute atomic E-state index is 0.162. The summed E-state index contributed by atoms with van der Waals surface area (Å²) in [6.07, 6.45) is 2.90. The molecule has 1 aliphatic carbocycles. The molecule has 1 aromatic rings. The number of anilines is 2. The average molecular weight is 262 g/mol. The van der Waals surface area contributed by atoms with Gasteiger partial charge in [0.15, 0.2) is 0 Å². The van der Waals surface area contributed by atoms with Crippen molar-refractivity contribution in [3.8, 4) is 0 Å². The first-order chi connectivity index (χ1) is 9.06. The first-order valence-corrected chi connectivity index (χ1v) is 6.53. The highest BCUT2D eigenvalue weighted by Crippen LogP contribution is 2.49. The highest BCUT2D eigenvalue weighted by atomic mass is 16.4. The van der Waals surface area contributed by atoms with Crippen LogP contribution in [0.2, 0.25) is 0 Å². The van der Waals surface area contributed by atoms with Gasteiger partial charge in [0.1, 0.15) is 5.84 Å². The van der Waals surface area contributed by atoms with Gasteiger partial charge in [-0.3, -0.25) is 0 Å². The molecule has 5 nitrogen and oxygen atoms in total. The van der Waals surface area contributed by atoms with Crippen LogP contribution in [0.5, 0.6) is 0 Å². The molecule has 0 amide bonds. The van der Waals surface area contributed by atoms with Gasteiger partial charge < -0.3 is 21.2 Å². The van der Waals surface area contributed by atoms with Gasteiger partial charge in [-0.1, -0.05) is 17.3 Å². The molecule has 0 aromatic heterocycles. The van der Waals surface area contributed by atoms with Gasteiger partial charge >= 0.3 is 0 Å². The molecule has 1 aromatic carbocycles. The lowest BCUT2D eigenvalue weighted by molar-refractivity contribution is 0.315. The number of nitrogens with one attached hydrogen (secondary N) is 1. The predicted octanol–water partition coefficient (Wildman–Crippen LogP) is 2.08. The van der Waals surface area contributed by atoms with Crippen molar-refractivity contribution >= 4 is 17.2 Å². The molecule has 0 saturated heterocycles. The number of rotatable bonds is 6. The van der Waals surface area contributed by atoms with Crippen molar-refractivity contribution in [2.24, 2.45) is 16.3 Å². The number of para-hydroxylation sites is 2. The van der Waals surface area contributed by atoms with Crippen molar-refractivity contribution in [2.75, 3.05) is 30.9 Å². The largest absolute Gasteiger partial charge is 0.409 e. The van der Waals surface area contributed by atoms with Crippen LogP contribution < -0.4 is 16.0 Å². The fraction of sp³-hybridized carbons (Fsp3) is 0.500. The van der Waals surface area contributed by atoms with Gasteiger partial charge in [0.25, 0.3) is 0 Å². The molecule has 104 valence electrons. The molecular weight excluding hydrogens is 240 g/mol. The molecule has 0 radical (unpaired) electrons. The van der Waals surface area contributed by atoms with E-state index in [2.05, 4.69) is 27.5 Å². The number of nitrogens with two attached hydrogens (primary N) is 1. The molecule has 1 aliphatic rings. The number of amidine groups is 1. The van der Waals surface area contributed by atoms with E-state index < -0.39 is 0 Å². The number of oxime groups is 1. The Morgan fingerprint density at radius 1 is 1.42 bits per heavy atom. The highest BCUT2D eigenvalue weighted by molar-refractivity contribution is 5.80. The normalized spacial score (nSPS) is 17.1. The van der Waals surface area contributed by atoms with Crippen LogP contribution in [0.1, 0.15) is 19.3 Å². The van der Waals surface area contributed by atoms with E-state index in [1.807, 2.05) is 26.2 Å². The molecule has 5 heteroatoms. The second-order valence-corrected chi connectivity index (χ2v) is 5.53. The smallest absolute Gasteiger partial charge is 0.139 e. The first-order valence-electron chi connectivity index (χ1n) is 6.53. The van der Waals surface area contributed by atoms with Gasteiger partial charge in [-0.15, -0.1) is 0 Å². The monoisotopic (exact) mass is 262 g/mol. The third kappa shape index (κ3) is 3.30. The van der Waals surface area contributed by atoms with E-state index >= 15 is 0 Å². The minimum atomic E-state index is 0.162. The van der Waals surface area contributed by atoms with Crippen molar-refractivity contribution in [1.29, 1.82) is 0 Å². The number of nitrogens with zero attached hydrogens (tertiary/aromatic N) is 2. The molecule has 1 saturated carbocycles. The van der Waals surface area contributed by atoms with E-state index in [1.54, 1.807) is 0 Å². The third-order valence-electron chi connectivity index (χ3n) is 3.68. The van der Waals surface area contributed by atoms with E-state index in [-0.39, 0.29) is 5.41 Å². The van der Waals surface area contributed by atoms with Gasteiger partial charge in [0.05, 0.1) is 11.4 Å². The van der Waals surface area contributed by atoms with Gasteiger partial charge in [0.2, 0.25) is 0 Å². The fourth-order valence-electron chi connectivity index (χ4n) is 2.31. The Morgan fingerprint density at radius 2 is 2.11 bits per heavy atom. The van der Waals surface area contributed by atoms with Crippen molar-refractivity contribution < 1.29 is 5.21 Å².